The van der Waals surface area contributed by atoms with Gasteiger partial charge in [0.2, 0.25) is 0 Å². The van der Waals surface area contributed by atoms with Crippen molar-refractivity contribution >= 4 is 11.7 Å². The zero-order valence-corrected chi connectivity index (χ0v) is 10.1. The molecule has 0 N–H and O–H groups in total. The number of halogens is 1. The molecule has 0 unspecified atom stereocenters. The van der Waals surface area contributed by atoms with E-state index in [4.69, 9.17) is 4.74 Å². The van der Waals surface area contributed by atoms with Crippen molar-refractivity contribution in [1.82, 2.24) is 4.90 Å². The number of nitrogens with zero attached hydrogens (tertiary/aromatic N) is 1. The van der Waals surface area contributed by atoms with Crippen LogP contribution in [0.3, 0.4) is 0 Å². The number of benzene rings is 1. The molecule has 0 radical (unpaired) electrons. The van der Waals surface area contributed by atoms with Crippen LogP contribution < -0.4 is 4.74 Å². The molecule has 1 fully saturated rings. The zero-order chi connectivity index (χ0) is 13.1. The second-order valence-electron chi connectivity index (χ2n) is 4.17. The van der Waals surface area contributed by atoms with Crippen molar-refractivity contribution in [1.29, 1.82) is 0 Å². The van der Waals surface area contributed by atoms with Gasteiger partial charge < -0.3 is 9.64 Å². The third-order valence-corrected chi connectivity index (χ3v) is 2.99. The van der Waals surface area contributed by atoms with Gasteiger partial charge in [0, 0.05) is 13.1 Å². The number of amides is 1. The van der Waals surface area contributed by atoms with Gasteiger partial charge in [0.15, 0.2) is 0 Å². The summed E-state index contributed by atoms with van der Waals surface area (Å²) in [5.74, 6) is -1.65. The van der Waals surface area contributed by atoms with Crippen molar-refractivity contribution in [2.45, 2.75) is 12.8 Å². The summed E-state index contributed by atoms with van der Waals surface area (Å²) in [6.07, 6.45) is 1.80. The van der Waals surface area contributed by atoms with E-state index >= 15 is 0 Å². The molecule has 1 amide bonds. The van der Waals surface area contributed by atoms with Crippen molar-refractivity contribution in [2.24, 2.45) is 0 Å². The second kappa shape index (κ2) is 5.16. The summed E-state index contributed by atoms with van der Waals surface area (Å²) in [4.78, 5) is 25.4. The van der Waals surface area contributed by atoms with Gasteiger partial charge >= 0.3 is 0 Å². The molecule has 0 bridgehead atoms. The van der Waals surface area contributed by atoms with Crippen LogP contribution >= 0.6 is 0 Å². The molecule has 0 atom stereocenters. The van der Waals surface area contributed by atoms with Crippen molar-refractivity contribution < 1.29 is 18.7 Å². The van der Waals surface area contributed by atoms with E-state index in [1.54, 1.807) is 0 Å². The molecule has 1 aromatic rings. The summed E-state index contributed by atoms with van der Waals surface area (Å²) >= 11 is 0. The molecule has 18 heavy (non-hydrogen) atoms. The lowest BCUT2D eigenvalue weighted by Gasteiger charge is -2.15. The lowest BCUT2D eigenvalue weighted by molar-refractivity contribution is -0.125. The van der Waals surface area contributed by atoms with Crippen LogP contribution in [-0.2, 0) is 4.79 Å². The summed E-state index contributed by atoms with van der Waals surface area (Å²) in [7, 11) is 1.38. The largest absolute Gasteiger partial charge is 0.496 e. The summed E-state index contributed by atoms with van der Waals surface area (Å²) < 4.78 is 18.1. The normalized spacial score (nSPS) is 14.7. The standard InChI is InChI=1S/C13H14FNO3/c1-18-11-5-4-9(14)8-10(11)12(16)13(17)15-6-2-3-7-15/h4-5,8H,2-3,6-7H2,1H3. The van der Waals surface area contributed by atoms with Crippen LogP contribution in [0.4, 0.5) is 4.39 Å². The lowest BCUT2D eigenvalue weighted by atomic mass is 10.1. The summed E-state index contributed by atoms with van der Waals surface area (Å²) in [6.45, 7) is 1.17. The van der Waals surface area contributed by atoms with Crippen molar-refractivity contribution in [2.75, 3.05) is 20.2 Å². The summed E-state index contributed by atoms with van der Waals surface area (Å²) in [6, 6.07) is 3.57. The van der Waals surface area contributed by atoms with Gasteiger partial charge in [-0.15, -0.1) is 0 Å². The number of methoxy groups -OCH3 is 1. The van der Waals surface area contributed by atoms with E-state index in [0.29, 0.717) is 13.1 Å². The van der Waals surface area contributed by atoms with E-state index < -0.39 is 17.5 Å². The maximum absolute atomic E-state index is 13.2. The SMILES string of the molecule is COc1ccc(F)cc1C(=O)C(=O)N1CCCC1. The van der Waals surface area contributed by atoms with Gasteiger partial charge in [-0.05, 0) is 31.0 Å². The monoisotopic (exact) mass is 251 g/mol. The Morgan fingerprint density at radius 1 is 1.28 bits per heavy atom. The van der Waals surface area contributed by atoms with E-state index in [0.717, 1.165) is 18.9 Å². The molecule has 2 rings (SSSR count). The van der Waals surface area contributed by atoms with Gasteiger partial charge in [0.05, 0.1) is 12.7 Å². The molecule has 1 heterocycles. The highest BCUT2D eigenvalue weighted by Crippen LogP contribution is 2.21. The van der Waals surface area contributed by atoms with Crippen LogP contribution in [0.1, 0.15) is 23.2 Å². The molecule has 0 aromatic heterocycles. The number of likely N-dealkylation sites (tertiary alicyclic amines) is 1. The first-order valence-electron chi connectivity index (χ1n) is 5.80. The number of hydrogen-bond donors (Lipinski definition) is 0. The molecule has 1 aliphatic heterocycles. The Kier molecular flexibility index (Phi) is 3.60. The van der Waals surface area contributed by atoms with E-state index in [2.05, 4.69) is 0 Å². The topological polar surface area (TPSA) is 46.6 Å². The molecule has 5 heteroatoms. The Morgan fingerprint density at radius 2 is 1.94 bits per heavy atom. The highest BCUT2D eigenvalue weighted by atomic mass is 19.1. The van der Waals surface area contributed by atoms with Gasteiger partial charge in [0.1, 0.15) is 11.6 Å². The highest BCUT2D eigenvalue weighted by Gasteiger charge is 2.27. The average molecular weight is 251 g/mol. The Hall–Kier alpha value is -1.91. The van der Waals surface area contributed by atoms with Crippen molar-refractivity contribution in [3.8, 4) is 5.75 Å². The number of rotatable bonds is 3. The molecule has 1 aliphatic rings. The lowest BCUT2D eigenvalue weighted by Crippen LogP contribution is -2.34. The third kappa shape index (κ3) is 2.34. The first kappa shape index (κ1) is 12.5. The summed E-state index contributed by atoms with van der Waals surface area (Å²) in [5, 5.41) is 0. The maximum Gasteiger partial charge on any atom is 0.295 e. The minimum absolute atomic E-state index is 0.0191. The fourth-order valence-corrected chi connectivity index (χ4v) is 2.04. The number of carbonyl (C=O) groups is 2. The van der Waals surface area contributed by atoms with E-state index in [9.17, 15) is 14.0 Å². The number of ketones is 1. The van der Waals surface area contributed by atoms with Gasteiger partial charge in [-0.3, -0.25) is 9.59 Å². The molecule has 0 saturated carbocycles. The van der Waals surface area contributed by atoms with Crippen LogP contribution in [0.2, 0.25) is 0 Å². The Labute approximate surface area is 104 Å². The van der Waals surface area contributed by atoms with Crippen LogP contribution in [0.15, 0.2) is 18.2 Å². The van der Waals surface area contributed by atoms with Crippen molar-refractivity contribution in [3.05, 3.63) is 29.6 Å². The van der Waals surface area contributed by atoms with Gasteiger partial charge in [0.25, 0.3) is 11.7 Å². The predicted molar refractivity (Wildman–Crippen MR) is 63.1 cm³/mol. The Balaban J connectivity index is 2.27. The quantitative estimate of drug-likeness (QED) is 0.606. The van der Waals surface area contributed by atoms with E-state index in [1.165, 1.54) is 24.1 Å². The molecule has 0 spiro atoms. The van der Waals surface area contributed by atoms with Gasteiger partial charge in [-0.2, -0.15) is 0 Å². The molecule has 0 aliphatic carbocycles. The average Bonchev–Trinajstić information content (AvgIpc) is 2.90. The Bertz CT molecular complexity index is 481. The first-order chi connectivity index (χ1) is 8.63. The molecular formula is C13H14FNO3. The maximum atomic E-state index is 13.2. The predicted octanol–water partition coefficient (Wildman–Crippen LogP) is 1.64. The molecular weight excluding hydrogens is 237 g/mol. The van der Waals surface area contributed by atoms with Crippen LogP contribution in [0.25, 0.3) is 0 Å². The van der Waals surface area contributed by atoms with Crippen LogP contribution in [0, 0.1) is 5.82 Å². The summed E-state index contributed by atoms with van der Waals surface area (Å²) in [5.41, 5.74) is -0.0191. The number of hydrogen-bond acceptors (Lipinski definition) is 3. The van der Waals surface area contributed by atoms with E-state index in [-0.39, 0.29) is 11.3 Å². The van der Waals surface area contributed by atoms with Crippen molar-refractivity contribution in [3.63, 3.8) is 0 Å². The zero-order valence-electron chi connectivity index (χ0n) is 10.1. The molecule has 1 saturated heterocycles. The molecule has 1 aromatic carbocycles. The smallest absolute Gasteiger partial charge is 0.295 e. The number of carbonyl (C=O) groups excluding carboxylic acids is 2. The first-order valence-corrected chi connectivity index (χ1v) is 5.80. The van der Waals surface area contributed by atoms with Gasteiger partial charge in [-0.1, -0.05) is 0 Å². The molecule has 4 nitrogen and oxygen atoms in total. The molecule has 96 valence electrons. The fourth-order valence-electron chi connectivity index (χ4n) is 2.04. The highest BCUT2D eigenvalue weighted by molar-refractivity contribution is 6.43. The fraction of sp³-hybridized carbons (Fsp3) is 0.385. The van der Waals surface area contributed by atoms with Crippen LogP contribution in [-0.4, -0.2) is 36.8 Å². The second-order valence-corrected chi connectivity index (χ2v) is 4.17. The Morgan fingerprint density at radius 3 is 2.56 bits per heavy atom. The number of Topliss-reactive ketones (excluding diaryl/α,β-unsaturated/α-hetero) is 1. The van der Waals surface area contributed by atoms with E-state index in [1.807, 2.05) is 0 Å². The van der Waals surface area contributed by atoms with Crippen LogP contribution in [0.5, 0.6) is 5.75 Å². The number of ether oxygens (including phenoxy) is 1. The third-order valence-electron chi connectivity index (χ3n) is 2.99. The van der Waals surface area contributed by atoms with Gasteiger partial charge in [-0.25, -0.2) is 4.39 Å². The minimum Gasteiger partial charge on any atom is -0.496 e. The minimum atomic E-state index is -0.715.